The van der Waals surface area contributed by atoms with Gasteiger partial charge in [0, 0.05) is 23.5 Å². The number of non-ortho nitro benzene ring substituents is 1. The predicted octanol–water partition coefficient (Wildman–Crippen LogP) is 1.54. The molecule has 0 aliphatic carbocycles. The fourth-order valence-corrected chi connectivity index (χ4v) is 2.45. The third kappa shape index (κ3) is 3.83. The highest BCUT2D eigenvalue weighted by atomic mass is 16.6. The van der Waals surface area contributed by atoms with Gasteiger partial charge in [-0.15, -0.1) is 0 Å². The molecule has 2 rings (SSSR count). The van der Waals surface area contributed by atoms with Crippen LogP contribution in [0.5, 0.6) is 0 Å². The van der Waals surface area contributed by atoms with E-state index in [4.69, 9.17) is 10.6 Å². The second-order valence-electron chi connectivity index (χ2n) is 5.21. The van der Waals surface area contributed by atoms with Crippen LogP contribution in [-0.2, 0) is 16.1 Å². The molecule has 0 radical (unpaired) electrons. The first-order valence-corrected chi connectivity index (χ1v) is 7.50. The second-order valence-corrected chi connectivity index (χ2v) is 5.21. The van der Waals surface area contributed by atoms with Gasteiger partial charge in [0.2, 0.25) is 0 Å². The Balaban J connectivity index is 2.53. The molecule has 9 heteroatoms. The number of amides is 1. The van der Waals surface area contributed by atoms with E-state index in [1.54, 1.807) is 36.6 Å². The van der Waals surface area contributed by atoms with E-state index >= 15 is 0 Å². The molecule has 0 saturated carbocycles. The van der Waals surface area contributed by atoms with E-state index in [0.717, 1.165) is 0 Å². The number of rotatable bonds is 6. The first kappa shape index (κ1) is 18.1. The Morgan fingerprint density at radius 3 is 2.48 bits per heavy atom. The van der Waals surface area contributed by atoms with E-state index in [9.17, 15) is 19.7 Å². The fourth-order valence-electron chi connectivity index (χ4n) is 2.45. The lowest BCUT2D eigenvalue weighted by molar-refractivity contribution is -0.384. The Morgan fingerprint density at radius 2 is 1.96 bits per heavy atom. The molecule has 0 aliphatic heterocycles. The van der Waals surface area contributed by atoms with Crippen LogP contribution in [0.3, 0.4) is 0 Å². The molecular weight excluding hydrogens is 328 g/mol. The molecular formula is C16H18N4O5. The maximum absolute atomic E-state index is 12.1. The van der Waals surface area contributed by atoms with Gasteiger partial charge in [-0.25, -0.2) is 10.6 Å². The lowest BCUT2D eigenvalue weighted by atomic mass is 10.1. The average Bonchev–Trinajstić information content (AvgIpc) is 2.92. The molecule has 2 aromatic rings. The van der Waals surface area contributed by atoms with E-state index in [1.807, 2.05) is 5.43 Å². The Kier molecular flexibility index (Phi) is 5.50. The lowest BCUT2D eigenvalue weighted by Gasteiger charge is -2.11. The number of nitrogens with one attached hydrogen (secondary N) is 1. The molecule has 0 unspecified atom stereocenters. The van der Waals surface area contributed by atoms with Crippen molar-refractivity contribution in [3.05, 3.63) is 51.7 Å². The van der Waals surface area contributed by atoms with Crippen molar-refractivity contribution in [3.63, 3.8) is 0 Å². The predicted molar refractivity (Wildman–Crippen MR) is 89.5 cm³/mol. The molecule has 0 atom stereocenters. The SMILES string of the molecule is CCOC(=O)c1cc(-c2ccc([N+](=O)[O-])cc2)n(CC(=O)NN)c1C. The van der Waals surface area contributed by atoms with Crippen LogP contribution in [0.4, 0.5) is 5.69 Å². The molecule has 3 N–H and O–H groups in total. The van der Waals surface area contributed by atoms with Gasteiger partial charge >= 0.3 is 5.97 Å². The number of hydrogen-bond acceptors (Lipinski definition) is 6. The second kappa shape index (κ2) is 7.58. The number of ether oxygens (including phenoxy) is 1. The number of carbonyl (C=O) groups excluding carboxylic acids is 2. The molecule has 0 spiro atoms. The van der Waals surface area contributed by atoms with E-state index in [0.29, 0.717) is 22.5 Å². The number of nitrogens with zero attached hydrogens (tertiary/aromatic N) is 2. The zero-order valence-corrected chi connectivity index (χ0v) is 13.8. The van der Waals surface area contributed by atoms with Crippen molar-refractivity contribution in [3.8, 4) is 11.3 Å². The van der Waals surface area contributed by atoms with Crippen molar-refractivity contribution in [2.75, 3.05) is 6.61 Å². The largest absolute Gasteiger partial charge is 0.462 e. The van der Waals surface area contributed by atoms with Gasteiger partial charge in [0.25, 0.3) is 11.6 Å². The molecule has 1 aromatic heterocycles. The summed E-state index contributed by atoms with van der Waals surface area (Å²) in [6.45, 7) is 3.50. The van der Waals surface area contributed by atoms with Crippen LogP contribution in [0.15, 0.2) is 30.3 Å². The summed E-state index contributed by atoms with van der Waals surface area (Å²) in [5.41, 5.74) is 4.02. The van der Waals surface area contributed by atoms with Crippen LogP contribution in [0.1, 0.15) is 23.0 Å². The number of hydrazine groups is 1. The highest BCUT2D eigenvalue weighted by Gasteiger charge is 2.21. The number of benzene rings is 1. The van der Waals surface area contributed by atoms with E-state index in [2.05, 4.69) is 0 Å². The summed E-state index contributed by atoms with van der Waals surface area (Å²) < 4.78 is 6.63. The van der Waals surface area contributed by atoms with Crippen molar-refractivity contribution < 1.29 is 19.2 Å². The zero-order valence-electron chi connectivity index (χ0n) is 13.8. The summed E-state index contributed by atoms with van der Waals surface area (Å²) in [6, 6.07) is 7.42. The first-order chi connectivity index (χ1) is 11.9. The smallest absolute Gasteiger partial charge is 0.339 e. The molecule has 0 saturated heterocycles. The number of hydrogen-bond donors (Lipinski definition) is 2. The van der Waals surface area contributed by atoms with Gasteiger partial charge in [-0.05, 0) is 37.6 Å². The Bertz CT molecular complexity index is 811. The zero-order chi connectivity index (χ0) is 18.6. The minimum Gasteiger partial charge on any atom is -0.462 e. The molecule has 1 aromatic carbocycles. The van der Waals surface area contributed by atoms with Crippen molar-refractivity contribution in [1.82, 2.24) is 9.99 Å². The molecule has 1 amide bonds. The van der Waals surface area contributed by atoms with E-state index in [1.165, 1.54) is 12.1 Å². The average molecular weight is 346 g/mol. The molecule has 1 heterocycles. The maximum atomic E-state index is 12.1. The summed E-state index contributed by atoms with van der Waals surface area (Å²) >= 11 is 0. The molecule has 0 fully saturated rings. The number of nitrogens with two attached hydrogens (primary N) is 1. The molecule has 0 aliphatic rings. The van der Waals surface area contributed by atoms with Crippen LogP contribution in [0.25, 0.3) is 11.3 Å². The number of aromatic nitrogens is 1. The summed E-state index contributed by atoms with van der Waals surface area (Å²) in [5, 5.41) is 10.8. The highest BCUT2D eigenvalue weighted by Crippen LogP contribution is 2.28. The van der Waals surface area contributed by atoms with Crippen LogP contribution in [0, 0.1) is 17.0 Å². The highest BCUT2D eigenvalue weighted by molar-refractivity contribution is 5.93. The summed E-state index contributed by atoms with van der Waals surface area (Å²) in [6.07, 6.45) is 0. The van der Waals surface area contributed by atoms with E-state index in [-0.39, 0.29) is 18.8 Å². The van der Waals surface area contributed by atoms with Crippen LogP contribution in [0.2, 0.25) is 0 Å². The number of nitro benzene ring substituents is 1. The van der Waals surface area contributed by atoms with Gasteiger partial charge in [0.05, 0.1) is 17.1 Å². The molecule has 132 valence electrons. The topological polar surface area (TPSA) is 129 Å². The normalized spacial score (nSPS) is 10.4. The van der Waals surface area contributed by atoms with Gasteiger partial charge in [0.15, 0.2) is 0 Å². The molecule has 0 bridgehead atoms. The third-order valence-corrected chi connectivity index (χ3v) is 3.70. The van der Waals surface area contributed by atoms with Crippen molar-refractivity contribution in [1.29, 1.82) is 0 Å². The third-order valence-electron chi connectivity index (χ3n) is 3.70. The first-order valence-electron chi connectivity index (χ1n) is 7.50. The van der Waals surface area contributed by atoms with Crippen molar-refractivity contribution >= 4 is 17.6 Å². The van der Waals surface area contributed by atoms with Gasteiger partial charge < -0.3 is 9.30 Å². The summed E-state index contributed by atoms with van der Waals surface area (Å²) in [7, 11) is 0. The minimum atomic E-state index is -0.505. The Labute approximate surface area is 143 Å². The van der Waals surface area contributed by atoms with Gasteiger partial charge in [-0.1, -0.05) is 0 Å². The number of carbonyl (C=O) groups is 2. The van der Waals surface area contributed by atoms with E-state index < -0.39 is 16.8 Å². The van der Waals surface area contributed by atoms with Crippen molar-refractivity contribution in [2.24, 2.45) is 5.84 Å². The fraction of sp³-hybridized carbons (Fsp3) is 0.250. The summed E-state index contributed by atoms with van der Waals surface area (Å²) in [5.74, 6) is 4.20. The van der Waals surface area contributed by atoms with Crippen LogP contribution >= 0.6 is 0 Å². The summed E-state index contributed by atoms with van der Waals surface area (Å²) in [4.78, 5) is 34.1. The molecule has 25 heavy (non-hydrogen) atoms. The Morgan fingerprint density at radius 1 is 1.32 bits per heavy atom. The van der Waals surface area contributed by atoms with Gasteiger partial charge in [-0.2, -0.15) is 0 Å². The van der Waals surface area contributed by atoms with Crippen LogP contribution < -0.4 is 11.3 Å². The Hall–Kier alpha value is -3.20. The molecule has 9 nitrogen and oxygen atoms in total. The van der Waals surface area contributed by atoms with Gasteiger partial charge in [-0.3, -0.25) is 20.3 Å². The van der Waals surface area contributed by atoms with Gasteiger partial charge in [0.1, 0.15) is 6.54 Å². The number of nitro groups is 1. The maximum Gasteiger partial charge on any atom is 0.339 e. The van der Waals surface area contributed by atoms with Crippen molar-refractivity contribution in [2.45, 2.75) is 20.4 Å². The van der Waals surface area contributed by atoms with Crippen LogP contribution in [-0.4, -0.2) is 28.0 Å². The quantitative estimate of drug-likeness (QED) is 0.268. The lowest BCUT2D eigenvalue weighted by Crippen LogP contribution is -2.33. The monoisotopic (exact) mass is 346 g/mol. The number of esters is 1. The minimum absolute atomic E-state index is 0.0519. The standard InChI is InChI=1S/C16H18N4O5/c1-3-25-16(22)13-8-14(19(10(13)2)9-15(21)18-17)11-4-6-12(7-5-11)20(23)24/h4-8H,3,9,17H2,1-2H3,(H,18,21).